The van der Waals surface area contributed by atoms with Gasteiger partial charge in [-0.15, -0.1) is 0 Å². The molecule has 6 nitrogen and oxygen atoms in total. The summed E-state index contributed by atoms with van der Waals surface area (Å²) < 4.78 is 2.84. The van der Waals surface area contributed by atoms with Crippen molar-refractivity contribution in [2.24, 2.45) is 7.05 Å². The third-order valence-electron chi connectivity index (χ3n) is 4.49. The van der Waals surface area contributed by atoms with Crippen molar-refractivity contribution in [3.05, 3.63) is 41.4 Å². The lowest BCUT2D eigenvalue weighted by molar-refractivity contribution is 0.0923. The summed E-state index contributed by atoms with van der Waals surface area (Å²) >= 11 is 7.72. The number of imidazole rings is 1. The van der Waals surface area contributed by atoms with Gasteiger partial charge >= 0.3 is 0 Å². The van der Waals surface area contributed by atoms with Gasteiger partial charge in [-0.2, -0.15) is 0 Å². The molecule has 3 aromatic rings. The maximum absolute atomic E-state index is 12.3. The van der Waals surface area contributed by atoms with E-state index in [1.165, 1.54) is 0 Å². The van der Waals surface area contributed by atoms with E-state index < -0.39 is 0 Å². The van der Waals surface area contributed by atoms with Crippen LogP contribution >= 0.6 is 22.9 Å². The second-order valence-electron chi connectivity index (χ2n) is 6.23. The van der Waals surface area contributed by atoms with E-state index in [0.717, 1.165) is 46.3 Å². The normalized spacial score (nSPS) is 15.7. The smallest absolute Gasteiger partial charge is 0.269 e. The molecule has 1 N–H and O–H groups in total. The van der Waals surface area contributed by atoms with Gasteiger partial charge in [0.1, 0.15) is 5.69 Å². The van der Waals surface area contributed by atoms with E-state index in [0.29, 0.717) is 5.69 Å². The Morgan fingerprint density at radius 1 is 1.36 bits per heavy atom. The fraction of sp³-hybridized carbons (Fsp3) is 0.353. The van der Waals surface area contributed by atoms with Crippen LogP contribution in [0.1, 0.15) is 23.3 Å². The highest BCUT2D eigenvalue weighted by Gasteiger charge is 2.24. The number of amides is 1. The van der Waals surface area contributed by atoms with Gasteiger partial charge in [0.2, 0.25) is 0 Å². The second-order valence-corrected chi connectivity index (χ2v) is 7.68. The first-order valence-electron chi connectivity index (χ1n) is 8.18. The number of carbonyl (C=O) groups is 1. The minimum atomic E-state index is -0.0620. The van der Waals surface area contributed by atoms with Crippen LogP contribution in [0.4, 0.5) is 5.13 Å². The predicted octanol–water partition coefficient (Wildman–Crippen LogP) is 3.08. The first-order valence-corrected chi connectivity index (χ1v) is 9.38. The minimum absolute atomic E-state index is 0.0620. The number of thiazole rings is 1. The molecule has 0 spiro atoms. The van der Waals surface area contributed by atoms with Gasteiger partial charge in [-0.1, -0.05) is 22.9 Å². The van der Waals surface area contributed by atoms with Crippen molar-refractivity contribution in [3.8, 4) is 0 Å². The van der Waals surface area contributed by atoms with Crippen molar-refractivity contribution < 1.29 is 4.79 Å². The Bertz CT molecular complexity index is 913. The third-order valence-corrected chi connectivity index (χ3v) is 5.80. The molecule has 1 saturated heterocycles. The molecule has 25 heavy (non-hydrogen) atoms. The van der Waals surface area contributed by atoms with Gasteiger partial charge in [-0.3, -0.25) is 4.79 Å². The largest absolute Gasteiger partial charge is 0.348 e. The van der Waals surface area contributed by atoms with Gasteiger partial charge in [0.25, 0.3) is 5.91 Å². The van der Waals surface area contributed by atoms with Crippen molar-refractivity contribution in [2.45, 2.75) is 18.9 Å². The number of piperidine rings is 1. The van der Waals surface area contributed by atoms with E-state index >= 15 is 0 Å². The number of aromatic nitrogens is 3. The molecule has 8 heteroatoms. The van der Waals surface area contributed by atoms with Gasteiger partial charge in [0.15, 0.2) is 5.13 Å². The van der Waals surface area contributed by atoms with Gasteiger partial charge in [0, 0.05) is 31.2 Å². The van der Waals surface area contributed by atoms with Crippen LogP contribution in [0.2, 0.25) is 5.02 Å². The summed E-state index contributed by atoms with van der Waals surface area (Å²) in [6, 6.07) is 5.97. The van der Waals surface area contributed by atoms with Crippen molar-refractivity contribution in [3.63, 3.8) is 0 Å². The van der Waals surface area contributed by atoms with Gasteiger partial charge in [0.05, 0.1) is 22.7 Å². The highest BCUT2D eigenvalue weighted by Crippen LogP contribution is 2.32. The number of nitrogens with zero attached hydrogens (tertiary/aromatic N) is 4. The fourth-order valence-corrected chi connectivity index (χ4v) is 4.37. The van der Waals surface area contributed by atoms with Crippen molar-refractivity contribution >= 4 is 44.2 Å². The van der Waals surface area contributed by atoms with Crippen LogP contribution in [0.3, 0.4) is 0 Å². The molecule has 1 fully saturated rings. The summed E-state index contributed by atoms with van der Waals surface area (Å²) in [4.78, 5) is 23.3. The number of hydrogen-bond acceptors (Lipinski definition) is 5. The zero-order valence-corrected chi connectivity index (χ0v) is 15.3. The van der Waals surface area contributed by atoms with E-state index in [1.54, 1.807) is 28.4 Å². The summed E-state index contributed by atoms with van der Waals surface area (Å²) in [7, 11) is 1.82. The molecular weight excluding hydrogens is 358 g/mol. The summed E-state index contributed by atoms with van der Waals surface area (Å²) in [5, 5.41) is 4.86. The number of fused-ring (bicyclic) bond motifs is 1. The molecule has 0 radical (unpaired) electrons. The molecule has 0 unspecified atom stereocenters. The fourth-order valence-electron chi connectivity index (χ4n) is 3.07. The average Bonchev–Trinajstić information content (AvgIpc) is 3.21. The zero-order valence-electron chi connectivity index (χ0n) is 13.8. The zero-order chi connectivity index (χ0) is 17.4. The lowest BCUT2D eigenvalue weighted by Crippen LogP contribution is -2.45. The van der Waals surface area contributed by atoms with Crippen molar-refractivity contribution in [1.29, 1.82) is 0 Å². The molecule has 2 aromatic heterocycles. The number of aryl methyl sites for hydroxylation is 1. The number of hydrogen-bond donors (Lipinski definition) is 1. The Hall–Kier alpha value is -2.12. The molecule has 3 heterocycles. The maximum atomic E-state index is 12.3. The Labute approximate surface area is 154 Å². The Kier molecular flexibility index (Phi) is 4.35. The summed E-state index contributed by atoms with van der Waals surface area (Å²) in [5.41, 5.74) is 1.57. The molecule has 1 amide bonds. The Morgan fingerprint density at radius 2 is 2.16 bits per heavy atom. The van der Waals surface area contributed by atoms with Gasteiger partial charge in [-0.05, 0) is 31.0 Å². The first-order chi connectivity index (χ1) is 12.1. The van der Waals surface area contributed by atoms with Crippen LogP contribution in [0.5, 0.6) is 0 Å². The molecular formula is C17H18ClN5OS. The quantitative estimate of drug-likeness (QED) is 0.764. The molecule has 0 bridgehead atoms. The summed E-state index contributed by atoms with van der Waals surface area (Å²) in [6.45, 7) is 1.76. The highest BCUT2D eigenvalue weighted by atomic mass is 35.5. The lowest BCUT2D eigenvalue weighted by atomic mass is 10.1. The van der Waals surface area contributed by atoms with Crippen LogP contribution in [-0.4, -0.2) is 39.6 Å². The Balaban J connectivity index is 1.39. The number of nitrogens with one attached hydrogen (secondary N) is 1. The van der Waals surface area contributed by atoms with E-state index in [-0.39, 0.29) is 11.9 Å². The van der Waals surface area contributed by atoms with Crippen molar-refractivity contribution in [1.82, 2.24) is 19.9 Å². The van der Waals surface area contributed by atoms with Crippen LogP contribution < -0.4 is 10.2 Å². The Morgan fingerprint density at radius 3 is 2.88 bits per heavy atom. The van der Waals surface area contributed by atoms with E-state index in [2.05, 4.69) is 15.2 Å². The van der Waals surface area contributed by atoms with Crippen LogP contribution in [0.25, 0.3) is 10.2 Å². The highest BCUT2D eigenvalue weighted by molar-refractivity contribution is 7.22. The number of benzene rings is 1. The standard InChI is InChI=1S/C17H18ClN5OS/c1-22-10-19-9-14(22)16(24)20-12-4-6-23(7-5-12)17-21-13-3-2-11(18)8-15(13)25-17/h2-3,8-10,12H,4-7H2,1H3,(H,20,24). The summed E-state index contributed by atoms with van der Waals surface area (Å²) in [6.07, 6.45) is 5.04. The number of anilines is 1. The SMILES string of the molecule is Cn1cncc1C(=O)NC1CCN(c2nc3ccc(Cl)cc3s2)CC1. The number of halogens is 1. The molecule has 4 rings (SSSR count). The number of rotatable bonds is 3. The van der Waals surface area contributed by atoms with Crippen LogP contribution in [0.15, 0.2) is 30.7 Å². The predicted molar refractivity (Wildman–Crippen MR) is 101 cm³/mol. The van der Waals surface area contributed by atoms with Crippen LogP contribution in [-0.2, 0) is 7.05 Å². The molecule has 0 saturated carbocycles. The monoisotopic (exact) mass is 375 g/mol. The van der Waals surface area contributed by atoms with Crippen molar-refractivity contribution in [2.75, 3.05) is 18.0 Å². The molecule has 0 aliphatic carbocycles. The first kappa shape index (κ1) is 16.4. The number of carbonyl (C=O) groups excluding carboxylic acids is 1. The van der Waals surface area contributed by atoms with Gasteiger partial charge in [-0.25, -0.2) is 9.97 Å². The van der Waals surface area contributed by atoms with E-state index in [1.807, 2.05) is 25.2 Å². The van der Waals surface area contributed by atoms with E-state index in [9.17, 15) is 4.79 Å². The van der Waals surface area contributed by atoms with E-state index in [4.69, 9.17) is 16.6 Å². The average molecular weight is 376 g/mol. The lowest BCUT2D eigenvalue weighted by Gasteiger charge is -2.32. The third kappa shape index (κ3) is 3.34. The summed E-state index contributed by atoms with van der Waals surface area (Å²) in [5.74, 6) is -0.0620. The maximum Gasteiger partial charge on any atom is 0.269 e. The minimum Gasteiger partial charge on any atom is -0.348 e. The second kappa shape index (κ2) is 6.65. The molecule has 1 aromatic carbocycles. The topological polar surface area (TPSA) is 63.1 Å². The molecule has 130 valence electrons. The molecule has 0 atom stereocenters. The molecule has 1 aliphatic rings. The van der Waals surface area contributed by atoms with Crippen LogP contribution in [0, 0.1) is 0 Å². The molecule has 1 aliphatic heterocycles. The van der Waals surface area contributed by atoms with Gasteiger partial charge < -0.3 is 14.8 Å².